The molecule has 2 rings (SSSR count). The number of carbonyl (C=O) groups excluding carboxylic acids is 2. The van der Waals surface area contributed by atoms with Gasteiger partial charge in [0.15, 0.2) is 0 Å². The van der Waals surface area contributed by atoms with Crippen LogP contribution in [-0.4, -0.2) is 37.6 Å². The number of hydrogen-bond acceptors (Lipinski definition) is 7. The van der Waals surface area contributed by atoms with E-state index in [1.54, 1.807) is 18.2 Å². The van der Waals surface area contributed by atoms with Gasteiger partial charge in [0.25, 0.3) is 11.6 Å². The highest BCUT2D eigenvalue weighted by molar-refractivity contribution is 5.94. The van der Waals surface area contributed by atoms with Crippen LogP contribution in [-0.2, 0) is 16.1 Å². The Hall–Kier alpha value is -3.62. The highest BCUT2D eigenvalue weighted by atomic mass is 16.6. The van der Waals surface area contributed by atoms with Gasteiger partial charge in [0.05, 0.1) is 25.6 Å². The van der Waals surface area contributed by atoms with Crippen molar-refractivity contribution in [2.45, 2.75) is 13.0 Å². The fourth-order valence-corrected chi connectivity index (χ4v) is 2.34. The number of nitro groups is 1. The standard InChI is InChI=1S/C19H20N2O7/c1-26-16-7-8-17(27-2)14(11-16)12-28-18(22)9-10-20-19(23)13-3-5-15(6-4-13)21(24)25/h3-8,11H,9-10,12H2,1-2H3,(H,20,23). The van der Waals surface area contributed by atoms with Crippen LogP contribution in [0.25, 0.3) is 0 Å². The van der Waals surface area contributed by atoms with E-state index in [1.807, 2.05) is 0 Å². The van der Waals surface area contributed by atoms with Gasteiger partial charge in [-0.2, -0.15) is 0 Å². The second-order valence-corrected chi connectivity index (χ2v) is 5.65. The number of non-ortho nitro benzene ring substituents is 1. The number of nitro benzene ring substituents is 1. The van der Waals surface area contributed by atoms with Crippen LogP contribution in [0.1, 0.15) is 22.3 Å². The van der Waals surface area contributed by atoms with Crippen molar-refractivity contribution in [3.63, 3.8) is 0 Å². The molecule has 1 N–H and O–H groups in total. The van der Waals surface area contributed by atoms with E-state index in [1.165, 1.54) is 38.5 Å². The van der Waals surface area contributed by atoms with Crippen LogP contribution >= 0.6 is 0 Å². The quantitative estimate of drug-likeness (QED) is 0.398. The molecule has 2 aromatic rings. The number of hydrogen-bond donors (Lipinski definition) is 1. The number of rotatable bonds is 9. The van der Waals surface area contributed by atoms with Gasteiger partial charge < -0.3 is 19.5 Å². The second kappa shape index (κ2) is 9.91. The lowest BCUT2D eigenvalue weighted by Crippen LogP contribution is -2.26. The van der Waals surface area contributed by atoms with Crippen molar-refractivity contribution < 1.29 is 28.7 Å². The van der Waals surface area contributed by atoms with E-state index in [2.05, 4.69) is 5.32 Å². The van der Waals surface area contributed by atoms with E-state index in [4.69, 9.17) is 14.2 Å². The zero-order valence-corrected chi connectivity index (χ0v) is 15.5. The molecule has 148 valence electrons. The van der Waals surface area contributed by atoms with Crippen molar-refractivity contribution in [1.82, 2.24) is 5.32 Å². The maximum absolute atomic E-state index is 12.0. The summed E-state index contributed by atoms with van der Waals surface area (Å²) in [5.41, 5.74) is 0.818. The van der Waals surface area contributed by atoms with E-state index in [0.29, 0.717) is 17.1 Å². The number of carbonyl (C=O) groups is 2. The van der Waals surface area contributed by atoms with Gasteiger partial charge in [-0.25, -0.2) is 0 Å². The molecular formula is C19H20N2O7. The zero-order chi connectivity index (χ0) is 20.5. The minimum Gasteiger partial charge on any atom is -0.497 e. The van der Waals surface area contributed by atoms with Crippen molar-refractivity contribution >= 4 is 17.6 Å². The predicted octanol–water partition coefficient (Wildman–Crippen LogP) is 2.48. The van der Waals surface area contributed by atoms with Gasteiger partial charge in [0, 0.05) is 29.8 Å². The Labute approximate surface area is 161 Å². The van der Waals surface area contributed by atoms with Crippen molar-refractivity contribution in [1.29, 1.82) is 0 Å². The van der Waals surface area contributed by atoms with Crippen molar-refractivity contribution in [3.8, 4) is 11.5 Å². The highest BCUT2D eigenvalue weighted by Crippen LogP contribution is 2.24. The fourth-order valence-electron chi connectivity index (χ4n) is 2.34. The number of nitrogens with zero attached hydrogens (tertiary/aromatic N) is 1. The second-order valence-electron chi connectivity index (χ2n) is 5.65. The van der Waals surface area contributed by atoms with Gasteiger partial charge in [0.1, 0.15) is 18.1 Å². The minimum absolute atomic E-state index is 0.00943. The van der Waals surface area contributed by atoms with Gasteiger partial charge in [0.2, 0.25) is 0 Å². The number of esters is 1. The third-order valence-corrected chi connectivity index (χ3v) is 3.83. The summed E-state index contributed by atoms with van der Waals surface area (Å²) in [5, 5.41) is 13.2. The van der Waals surface area contributed by atoms with E-state index in [0.717, 1.165) is 0 Å². The maximum Gasteiger partial charge on any atom is 0.307 e. The predicted molar refractivity (Wildman–Crippen MR) is 99.4 cm³/mol. The summed E-state index contributed by atoms with van der Waals surface area (Å²) in [6.07, 6.45) is -0.0228. The van der Waals surface area contributed by atoms with Crippen LogP contribution in [0.3, 0.4) is 0 Å². The maximum atomic E-state index is 12.0. The number of methoxy groups -OCH3 is 2. The van der Waals surface area contributed by atoms with Crippen molar-refractivity contribution in [2.75, 3.05) is 20.8 Å². The summed E-state index contributed by atoms with van der Waals surface area (Å²) in [5.74, 6) is 0.258. The molecule has 0 spiro atoms. The molecule has 9 nitrogen and oxygen atoms in total. The first kappa shape index (κ1) is 20.7. The average molecular weight is 388 g/mol. The van der Waals surface area contributed by atoms with E-state index >= 15 is 0 Å². The van der Waals surface area contributed by atoms with Crippen molar-refractivity contribution in [3.05, 3.63) is 63.7 Å². The summed E-state index contributed by atoms with van der Waals surface area (Å²) < 4.78 is 15.5. The van der Waals surface area contributed by atoms with Crippen LogP contribution in [0, 0.1) is 10.1 Å². The lowest BCUT2D eigenvalue weighted by atomic mass is 10.2. The molecule has 9 heteroatoms. The van der Waals surface area contributed by atoms with Crippen LogP contribution in [0.15, 0.2) is 42.5 Å². The monoisotopic (exact) mass is 388 g/mol. The molecule has 0 heterocycles. The fraction of sp³-hybridized carbons (Fsp3) is 0.263. The normalized spacial score (nSPS) is 10.1. The summed E-state index contributed by atoms with van der Waals surface area (Å²) in [6.45, 7) is 0.0827. The van der Waals surface area contributed by atoms with E-state index in [-0.39, 0.29) is 30.8 Å². The van der Waals surface area contributed by atoms with Gasteiger partial charge in [-0.15, -0.1) is 0 Å². The lowest BCUT2D eigenvalue weighted by molar-refractivity contribution is -0.384. The third kappa shape index (κ3) is 5.70. The molecule has 0 aliphatic rings. The molecule has 28 heavy (non-hydrogen) atoms. The summed E-state index contributed by atoms with van der Waals surface area (Å²) >= 11 is 0. The molecular weight excluding hydrogens is 368 g/mol. The molecule has 0 saturated carbocycles. The Kier molecular flexibility index (Phi) is 7.32. The molecule has 0 unspecified atom stereocenters. The van der Waals surface area contributed by atoms with Crippen LogP contribution in [0.4, 0.5) is 5.69 Å². The Morgan fingerprint density at radius 1 is 1.07 bits per heavy atom. The first-order valence-corrected chi connectivity index (χ1v) is 8.33. The zero-order valence-electron chi connectivity index (χ0n) is 15.5. The molecule has 0 fully saturated rings. The minimum atomic E-state index is -0.547. The molecule has 1 amide bonds. The SMILES string of the molecule is COc1ccc(OC)c(COC(=O)CCNC(=O)c2ccc([N+](=O)[O-])cc2)c1. The number of nitrogens with one attached hydrogen (secondary N) is 1. The summed E-state index contributed by atoms with van der Waals surface area (Å²) in [7, 11) is 3.05. The molecule has 0 aliphatic carbocycles. The van der Waals surface area contributed by atoms with E-state index < -0.39 is 16.8 Å². The first-order chi connectivity index (χ1) is 13.4. The van der Waals surface area contributed by atoms with Gasteiger partial charge in [-0.3, -0.25) is 19.7 Å². The van der Waals surface area contributed by atoms with Crippen LogP contribution in [0.2, 0.25) is 0 Å². The smallest absolute Gasteiger partial charge is 0.307 e. The summed E-state index contributed by atoms with van der Waals surface area (Å²) in [6, 6.07) is 10.3. The van der Waals surface area contributed by atoms with Crippen LogP contribution in [0.5, 0.6) is 11.5 Å². The summed E-state index contributed by atoms with van der Waals surface area (Å²) in [4.78, 5) is 33.9. The number of benzene rings is 2. The Balaban J connectivity index is 1.80. The topological polar surface area (TPSA) is 117 Å². The third-order valence-electron chi connectivity index (χ3n) is 3.83. The molecule has 0 bridgehead atoms. The van der Waals surface area contributed by atoms with Gasteiger partial charge in [-0.1, -0.05) is 0 Å². The Morgan fingerprint density at radius 3 is 2.39 bits per heavy atom. The van der Waals surface area contributed by atoms with Gasteiger partial charge >= 0.3 is 5.97 Å². The molecule has 0 atom stereocenters. The van der Waals surface area contributed by atoms with E-state index in [9.17, 15) is 19.7 Å². The molecule has 0 aromatic heterocycles. The molecule has 2 aromatic carbocycles. The van der Waals surface area contributed by atoms with Gasteiger partial charge in [-0.05, 0) is 30.3 Å². The lowest BCUT2D eigenvalue weighted by Gasteiger charge is -2.11. The number of ether oxygens (including phenoxy) is 3. The largest absolute Gasteiger partial charge is 0.497 e. The van der Waals surface area contributed by atoms with Crippen molar-refractivity contribution in [2.24, 2.45) is 0 Å². The number of amides is 1. The molecule has 0 aliphatic heterocycles. The first-order valence-electron chi connectivity index (χ1n) is 8.33. The Bertz CT molecular complexity index is 850. The average Bonchev–Trinajstić information content (AvgIpc) is 2.71. The molecule has 0 saturated heterocycles. The highest BCUT2D eigenvalue weighted by Gasteiger charge is 2.12. The Morgan fingerprint density at radius 2 is 1.79 bits per heavy atom. The van der Waals surface area contributed by atoms with Crippen LogP contribution < -0.4 is 14.8 Å². The molecule has 0 radical (unpaired) electrons.